The van der Waals surface area contributed by atoms with Gasteiger partial charge in [-0.15, -0.1) is 0 Å². The molecule has 0 aromatic heterocycles. The number of rotatable bonds is 7. The van der Waals surface area contributed by atoms with Crippen LogP contribution in [0, 0.1) is 12.0 Å². The van der Waals surface area contributed by atoms with Gasteiger partial charge in [0.15, 0.2) is 0 Å². The van der Waals surface area contributed by atoms with Gasteiger partial charge >= 0.3 is 12.3 Å². The summed E-state index contributed by atoms with van der Waals surface area (Å²) < 4.78 is 54.6. The molecular weight excluding hydrogens is 569 g/mol. The Bertz CT molecular complexity index is 1280. The summed E-state index contributed by atoms with van der Waals surface area (Å²) in [6, 6.07) is 3.29. The number of carbonyl (C=O) groups is 3. The van der Waals surface area contributed by atoms with Crippen LogP contribution in [-0.4, -0.2) is 88.9 Å². The van der Waals surface area contributed by atoms with Crippen LogP contribution in [0.4, 0.5) is 23.7 Å². The van der Waals surface area contributed by atoms with Gasteiger partial charge in [-0.3, -0.25) is 9.59 Å². The summed E-state index contributed by atoms with van der Waals surface area (Å²) in [4.78, 5) is 44.3. The van der Waals surface area contributed by atoms with Gasteiger partial charge in [-0.05, 0) is 73.4 Å². The minimum absolute atomic E-state index is 0.0141. The third-order valence-corrected chi connectivity index (χ3v) is 7.17. The number of hydrogen-bond donors (Lipinski definition) is 2. The quantitative estimate of drug-likeness (QED) is 0.273. The smallest absolute Gasteiger partial charge is 0.417 e. The van der Waals surface area contributed by atoms with Crippen molar-refractivity contribution < 1.29 is 42.1 Å². The molecule has 1 aromatic rings. The first-order valence-electron chi connectivity index (χ1n) is 14.3. The fraction of sp³-hybridized carbons (Fsp3) is 0.633. The van der Waals surface area contributed by atoms with Crippen LogP contribution in [0.3, 0.4) is 0 Å². The van der Waals surface area contributed by atoms with Crippen LogP contribution in [0.15, 0.2) is 12.1 Å². The number of benzene rings is 1. The van der Waals surface area contributed by atoms with Crippen LogP contribution in [-0.2, 0) is 15.7 Å². The van der Waals surface area contributed by atoms with Gasteiger partial charge in [0.05, 0.1) is 29.5 Å². The molecule has 2 N–H and O–H groups in total. The van der Waals surface area contributed by atoms with E-state index in [4.69, 9.17) is 9.47 Å². The number of nitrogens with zero attached hydrogens (tertiary/aromatic N) is 3. The molecule has 0 aliphatic carbocycles. The Kier molecular flexibility index (Phi) is 10.2. The predicted octanol–water partition coefficient (Wildman–Crippen LogP) is 4.00. The standard InChI is InChI=1S/C30H41F3N4O6/c1-8-11-34-12-14-36-23-15-21(22(30(31,32)33)16-24(23)42-29(7,18-38)26(36)40)25(39)37(19(2)3)20-10-9-13-35(17-20)27(41)43-28(4,5)6/h15-16,19-20,34,38H,9-10,12-14,17-18H2,1-7H3/t20-,29?/m1/s1. The van der Waals surface area contributed by atoms with Crippen molar-refractivity contribution >= 4 is 23.6 Å². The molecule has 2 aliphatic heterocycles. The summed E-state index contributed by atoms with van der Waals surface area (Å²) in [5.74, 6) is 0.801. The first-order chi connectivity index (χ1) is 19.9. The number of aliphatic hydroxyl groups excluding tert-OH is 1. The van der Waals surface area contributed by atoms with Gasteiger partial charge in [0.25, 0.3) is 11.8 Å². The van der Waals surface area contributed by atoms with Crippen molar-refractivity contribution in [1.29, 1.82) is 0 Å². The molecule has 13 heteroatoms. The fourth-order valence-electron chi connectivity index (χ4n) is 5.23. The second kappa shape index (κ2) is 12.9. The lowest BCUT2D eigenvalue weighted by molar-refractivity contribution is -0.139. The average molecular weight is 611 g/mol. The number of likely N-dealkylation sites (tertiary alicyclic amines) is 1. The van der Waals surface area contributed by atoms with Crippen LogP contribution < -0.4 is 15.0 Å². The molecule has 0 saturated carbocycles. The number of anilines is 1. The molecule has 0 bridgehead atoms. The Morgan fingerprint density at radius 1 is 1.28 bits per heavy atom. The van der Waals surface area contributed by atoms with E-state index in [1.807, 2.05) is 0 Å². The number of hydrogen-bond acceptors (Lipinski definition) is 7. The van der Waals surface area contributed by atoms with E-state index in [2.05, 4.69) is 17.3 Å². The van der Waals surface area contributed by atoms with E-state index in [0.29, 0.717) is 25.5 Å². The molecule has 3 amide bonds. The third-order valence-electron chi connectivity index (χ3n) is 7.17. The van der Waals surface area contributed by atoms with Crippen molar-refractivity contribution in [3.63, 3.8) is 0 Å². The number of ether oxygens (including phenoxy) is 2. The number of alkyl halides is 3. The second-order valence-electron chi connectivity index (χ2n) is 12.1. The topological polar surface area (TPSA) is 112 Å². The normalized spacial score (nSPS) is 20.6. The molecule has 1 unspecified atom stereocenters. The van der Waals surface area contributed by atoms with Gasteiger partial charge in [-0.25, -0.2) is 4.79 Å². The SMILES string of the molecule is CC#CNCCN1C(=O)C(C)(CO)Oc2cc(C(F)(F)F)c(C(=O)N(C(C)C)[C@@H]3CCCN(C(=O)OC(C)(C)C)C3)cc21. The lowest BCUT2D eigenvalue weighted by Crippen LogP contribution is -2.57. The zero-order chi connectivity index (χ0) is 32.3. The maximum Gasteiger partial charge on any atom is 0.417 e. The maximum atomic E-state index is 14.5. The van der Waals surface area contributed by atoms with Crippen LogP contribution in [0.5, 0.6) is 5.75 Å². The van der Waals surface area contributed by atoms with Crippen molar-refractivity contribution in [2.75, 3.05) is 37.7 Å². The van der Waals surface area contributed by atoms with Gasteiger partial charge in [-0.1, -0.05) is 5.92 Å². The zero-order valence-electron chi connectivity index (χ0n) is 25.7. The van der Waals surface area contributed by atoms with Crippen molar-refractivity contribution in [2.24, 2.45) is 0 Å². The van der Waals surface area contributed by atoms with Gasteiger partial charge in [-0.2, -0.15) is 13.2 Å². The van der Waals surface area contributed by atoms with E-state index in [0.717, 1.165) is 6.07 Å². The largest absolute Gasteiger partial charge is 0.473 e. The van der Waals surface area contributed by atoms with E-state index in [9.17, 15) is 32.7 Å². The van der Waals surface area contributed by atoms with Crippen molar-refractivity contribution in [3.05, 3.63) is 23.3 Å². The van der Waals surface area contributed by atoms with Gasteiger partial charge in [0.1, 0.15) is 11.4 Å². The minimum atomic E-state index is -4.94. The van der Waals surface area contributed by atoms with Crippen LogP contribution in [0.1, 0.15) is 77.2 Å². The molecule has 238 valence electrons. The molecule has 3 rings (SSSR count). The molecule has 0 radical (unpaired) electrons. The number of piperidine rings is 1. The summed E-state index contributed by atoms with van der Waals surface area (Å²) in [7, 11) is 0. The molecule has 2 atom stereocenters. The number of nitrogens with one attached hydrogen (secondary N) is 1. The molecular formula is C30H41F3N4O6. The molecule has 43 heavy (non-hydrogen) atoms. The monoisotopic (exact) mass is 610 g/mol. The highest BCUT2D eigenvalue weighted by Gasteiger charge is 2.47. The highest BCUT2D eigenvalue weighted by Crippen LogP contribution is 2.44. The van der Waals surface area contributed by atoms with Crippen LogP contribution in [0.2, 0.25) is 0 Å². The van der Waals surface area contributed by atoms with E-state index in [1.165, 1.54) is 21.6 Å². The Morgan fingerprint density at radius 3 is 2.51 bits per heavy atom. The van der Waals surface area contributed by atoms with E-state index in [1.54, 1.807) is 41.5 Å². The van der Waals surface area contributed by atoms with E-state index >= 15 is 0 Å². The molecule has 0 spiro atoms. The number of halogens is 3. The maximum absolute atomic E-state index is 14.5. The Hall–Kier alpha value is -3.66. The molecule has 1 saturated heterocycles. The summed E-state index contributed by atoms with van der Waals surface area (Å²) >= 11 is 0. The van der Waals surface area contributed by atoms with Crippen molar-refractivity contribution in [2.45, 2.75) is 90.8 Å². The number of fused-ring (bicyclic) bond motifs is 1. The summed E-state index contributed by atoms with van der Waals surface area (Å²) in [6.07, 6.45) is -4.50. The van der Waals surface area contributed by atoms with Gasteiger partial charge in [0.2, 0.25) is 5.60 Å². The summed E-state index contributed by atoms with van der Waals surface area (Å²) in [6.45, 7) is 11.4. The Morgan fingerprint density at radius 2 is 1.95 bits per heavy atom. The van der Waals surface area contributed by atoms with E-state index < -0.39 is 65.1 Å². The van der Waals surface area contributed by atoms with E-state index in [-0.39, 0.29) is 31.1 Å². The van der Waals surface area contributed by atoms with Crippen molar-refractivity contribution in [1.82, 2.24) is 15.1 Å². The highest BCUT2D eigenvalue weighted by atomic mass is 19.4. The molecule has 10 nitrogen and oxygen atoms in total. The number of carbonyl (C=O) groups excluding carboxylic acids is 3. The predicted molar refractivity (Wildman–Crippen MR) is 154 cm³/mol. The molecule has 2 aliphatic rings. The van der Waals surface area contributed by atoms with Crippen LogP contribution >= 0.6 is 0 Å². The first-order valence-corrected chi connectivity index (χ1v) is 14.3. The van der Waals surface area contributed by atoms with Crippen LogP contribution in [0.25, 0.3) is 0 Å². The second-order valence-corrected chi connectivity index (χ2v) is 12.1. The van der Waals surface area contributed by atoms with Gasteiger partial charge in [0, 0.05) is 38.3 Å². The lowest BCUT2D eigenvalue weighted by atomic mass is 9.96. The highest BCUT2D eigenvalue weighted by molar-refractivity contribution is 6.05. The first kappa shape index (κ1) is 33.8. The zero-order valence-corrected chi connectivity index (χ0v) is 25.7. The van der Waals surface area contributed by atoms with Crippen molar-refractivity contribution in [3.8, 4) is 17.7 Å². The third kappa shape index (κ3) is 7.65. The average Bonchev–Trinajstić information content (AvgIpc) is 2.91. The molecule has 1 aromatic carbocycles. The summed E-state index contributed by atoms with van der Waals surface area (Å²) in [5, 5.41) is 12.7. The lowest BCUT2D eigenvalue weighted by Gasteiger charge is -2.42. The molecule has 2 heterocycles. The Balaban J connectivity index is 2.08. The fourth-order valence-corrected chi connectivity index (χ4v) is 5.23. The minimum Gasteiger partial charge on any atom is -0.473 e. The van der Waals surface area contributed by atoms with Gasteiger partial charge < -0.3 is 34.6 Å². The molecule has 1 fully saturated rings. The Labute approximate surface area is 250 Å². The number of aliphatic hydroxyl groups is 1. The summed E-state index contributed by atoms with van der Waals surface area (Å²) in [5.41, 5.74) is -4.47. The number of amides is 3.